The number of aliphatic carboxylic acids is 1. The molecule has 41 heavy (non-hydrogen) atoms. The normalized spacial score (nSPS) is 19.9. The maximum absolute atomic E-state index is 14.8. The van der Waals surface area contributed by atoms with E-state index in [1.165, 1.54) is 12.1 Å². The minimum absolute atomic E-state index is 0.0215. The highest BCUT2D eigenvalue weighted by Gasteiger charge is 2.43. The van der Waals surface area contributed by atoms with Gasteiger partial charge in [0.25, 0.3) is 5.91 Å². The number of likely N-dealkylation sites (tertiary alicyclic amines) is 1. The zero-order chi connectivity index (χ0) is 30.3. The van der Waals surface area contributed by atoms with E-state index >= 15 is 0 Å². The first-order valence-electron chi connectivity index (χ1n) is 12.3. The maximum atomic E-state index is 14.8. The molecule has 0 radical (unpaired) electrons. The monoisotopic (exact) mass is 598 g/mol. The Balaban J connectivity index is 1.61. The summed E-state index contributed by atoms with van der Waals surface area (Å²) >= 11 is 0. The average molecular weight is 599 g/mol. The second-order valence-corrected chi connectivity index (χ2v) is 11.9. The number of hydrogen-bond donors (Lipinski definition) is 2. The average Bonchev–Trinajstić information content (AvgIpc) is 3.64. The molecule has 2 aliphatic rings. The van der Waals surface area contributed by atoms with Gasteiger partial charge in [0.1, 0.15) is 17.7 Å². The molecule has 2 aromatic carbocycles. The number of carboxylic acid groups (broad SMARTS) is 1. The third-order valence-corrected chi connectivity index (χ3v) is 8.57. The SMILES string of the molecule is C#C[C@@H]1C[C@H](C(=O)N[C@@H](c2cc(F)c(C(F)(F)F)cc2F)C2CC2)N(C(=O)c2cccc(S(=O)(=O)CC(=O)O)c2)C1. The number of sulfone groups is 1. The number of carbonyl (C=O) groups excluding carboxylic acids is 2. The number of benzene rings is 2. The second kappa shape index (κ2) is 11.1. The Morgan fingerprint density at radius 3 is 2.39 bits per heavy atom. The Labute approximate surface area is 231 Å². The number of alkyl halides is 3. The van der Waals surface area contributed by atoms with E-state index in [9.17, 15) is 44.8 Å². The number of nitrogens with zero attached hydrogens (tertiary/aromatic N) is 1. The van der Waals surface area contributed by atoms with Crippen LogP contribution < -0.4 is 5.32 Å². The van der Waals surface area contributed by atoms with Crippen molar-refractivity contribution in [2.75, 3.05) is 12.3 Å². The first-order valence-corrected chi connectivity index (χ1v) is 14.0. The summed E-state index contributed by atoms with van der Waals surface area (Å²) in [6.07, 6.45) is 1.36. The van der Waals surface area contributed by atoms with E-state index in [2.05, 4.69) is 11.2 Å². The summed E-state index contributed by atoms with van der Waals surface area (Å²) in [6.45, 7) is -0.100. The van der Waals surface area contributed by atoms with Crippen LogP contribution in [0.5, 0.6) is 0 Å². The minimum atomic E-state index is -5.12. The highest BCUT2D eigenvalue weighted by atomic mass is 32.2. The molecular weight excluding hydrogens is 575 g/mol. The number of halogens is 5. The first-order chi connectivity index (χ1) is 19.1. The standard InChI is InChI=1S/C27H23F5N2O6S/c1-2-14-8-22(34(12-14)26(38)16-4-3-5-17(9-16)41(39,40)13-23(35)36)25(37)33-24(15-6-7-15)18-10-21(29)19(11-20(18)28)27(30,31)32/h1,3-5,9-11,14-15,22,24H,6-8,12-13H2,(H,33,37)(H,35,36)/t14-,22-,24-/m1/s1. The molecule has 0 aromatic heterocycles. The summed E-state index contributed by atoms with van der Waals surface area (Å²) in [7, 11) is -4.27. The highest BCUT2D eigenvalue weighted by molar-refractivity contribution is 7.92. The summed E-state index contributed by atoms with van der Waals surface area (Å²) in [4.78, 5) is 38.4. The van der Waals surface area contributed by atoms with Crippen molar-refractivity contribution in [2.45, 2.75) is 42.4 Å². The molecule has 2 aromatic rings. The number of carboxylic acids is 1. The maximum Gasteiger partial charge on any atom is 0.419 e. The van der Waals surface area contributed by atoms with Crippen molar-refractivity contribution in [3.8, 4) is 12.3 Å². The third-order valence-electron chi connectivity index (χ3n) is 6.97. The molecule has 2 fully saturated rings. The van der Waals surface area contributed by atoms with Crippen LogP contribution in [0.25, 0.3) is 0 Å². The van der Waals surface area contributed by atoms with E-state index in [0.29, 0.717) is 18.9 Å². The lowest BCUT2D eigenvalue weighted by Crippen LogP contribution is -2.47. The molecule has 1 saturated heterocycles. The number of nitrogens with one attached hydrogen (secondary N) is 1. The molecule has 1 aliphatic carbocycles. The number of carbonyl (C=O) groups is 3. The van der Waals surface area contributed by atoms with Crippen molar-refractivity contribution in [3.63, 3.8) is 0 Å². The molecule has 0 bridgehead atoms. The van der Waals surface area contributed by atoms with Gasteiger partial charge in [-0.2, -0.15) is 13.2 Å². The van der Waals surface area contributed by atoms with Crippen molar-refractivity contribution < 1.29 is 49.9 Å². The zero-order valence-corrected chi connectivity index (χ0v) is 21.9. The molecule has 2 N–H and O–H groups in total. The summed E-state index contributed by atoms with van der Waals surface area (Å²) < 4.78 is 92.9. The fourth-order valence-corrected chi connectivity index (χ4v) is 5.89. The van der Waals surface area contributed by atoms with Crippen molar-refractivity contribution in [1.29, 1.82) is 0 Å². The van der Waals surface area contributed by atoms with Crippen LogP contribution in [-0.4, -0.2) is 54.5 Å². The molecule has 8 nitrogen and oxygen atoms in total. The van der Waals surface area contributed by atoms with Gasteiger partial charge in [-0.25, -0.2) is 17.2 Å². The quantitative estimate of drug-likeness (QED) is 0.354. The van der Waals surface area contributed by atoms with Gasteiger partial charge < -0.3 is 15.3 Å². The van der Waals surface area contributed by atoms with E-state index < -0.39 is 85.2 Å². The topological polar surface area (TPSA) is 121 Å². The van der Waals surface area contributed by atoms with E-state index in [1.807, 2.05) is 0 Å². The largest absolute Gasteiger partial charge is 0.480 e. The van der Waals surface area contributed by atoms with E-state index in [-0.39, 0.29) is 30.5 Å². The third kappa shape index (κ3) is 6.51. The molecule has 1 aliphatic heterocycles. The van der Waals surface area contributed by atoms with Crippen LogP contribution >= 0.6 is 0 Å². The Kier molecular flexibility index (Phi) is 8.13. The molecule has 1 heterocycles. The fourth-order valence-electron chi connectivity index (χ4n) is 4.81. The Morgan fingerprint density at radius 2 is 1.80 bits per heavy atom. The lowest BCUT2D eigenvalue weighted by molar-refractivity contribution is -0.140. The van der Waals surface area contributed by atoms with Gasteiger partial charge in [-0.1, -0.05) is 6.07 Å². The van der Waals surface area contributed by atoms with Gasteiger partial charge in [0.2, 0.25) is 5.91 Å². The molecule has 0 unspecified atom stereocenters. The Morgan fingerprint density at radius 1 is 1.12 bits per heavy atom. The van der Waals surface area contributed by atoms with Crippen LogP contribution in [0.1, 0.15) is 46.8 Å². The van der Waals surface area contributed by atoms with Gasteiger partial charge in [-0.05, 0) is 55.5 Å². The predicted octanol–water partition coefficient (Wildman–Crippen LogP) is 3.57. The lowest BCUT2D eigenvalue weighted by atomic mass is 9.98. The van der Waals surface area contributed by atoms with E-state index in [1.54, 1.807) is 0 Å². The lowest BCUT2D eigenvalue weighted by Gasteiger charge is -2.27. The summed E-state index contributed by atoms with van der Waals surface area (Å²) in [5, 5.41) is 11.4. The zero-order valence-electron chi connectivity index (χ0n) is 21.1. The minimum Gasteiger partial charge on any atom is -0.480 e. The molecule has 3 atom stereocenters. The van der Waals surface area contributed by atoms with Crippen molar-refractivity contribution in [3.05, 3.63) is 64.7 Å². The van der Waals surface area contributed by atoms with Crippen molar-refractivity contribution in [1.82, 2.24) is 10.2 Å². The van der Waals surface area contributed by atoms with Gasteiger partial charge in [0.15, 0.2) is 15.6 Å². The fraction of sp³-hybridized carbons (Fsp3) is 0.370. The van der Waals surface area contributed by atoms with Crippen LogP contribution in [0, 0.1) is 35.8 Å². The van der Waals surface area contributed by atoms with Gasteiger partial charge in [-0.3, -0.25) is 14.4 Å². The predicted molar refractivity (Wildman–Crippen MR) is 133 cm³/mol. The molecule has 4 rings (SSSR count). The van der Waals surface area contributed by atoms with Crippen LogP contribution in [0.4, 0.5) is 22.0 Å². The van der Waals surface area contributed by atoms with Gasteiger partial charge in [-0.15, -0.1) is 12.3 Å². The van der Waals surface area contributed by atoms with Crippen LogP contribution in [-0.2, 0) is 25.6 Å². The molecule has 0 spiro atoms. The first kappa shape index (κ1) is 30.0. The molecular formula is C27H23F5N2O6S. The number of hydrogen-bond acceptors (Lipinski definition) is 5. The van der Waals surface area contributed by atoms with Gasteiger partial charge >= 0.3 is 12.1 Å². The highest BCUT2D eigenvalue weighted by Crippen LogP contribution is 2.43. The Hall–Kier alpha value is -3.99. The summed E-state index contributed by atoms with van der Waals surface area (Å²) in [6, 6.07) is 2.66. The van der Waals surface area contributed by atoms with Crippen LogP contribution in [0.3, 0.4) is 0 Å². The summed E-state index contributed by atoms with van der Waals surface area (Å²) in [5.74, 6) is -5.96. The molecule has 14 heteroatoms. The molecule has 218 valence electrons. The number of rotatable bonds is 8. The van der Waals surface area contributed by atoms with Crippen molar-refractivity contribution in [2.24, 2.45) is 11.8 Å². The Bertz CT molecular complexity index is 1550. The number of amides is 2. The summed E-state index contributed by atoms with van der Waals surface area (Å²) in [5.41, 5.74) is -2.41. The van der Waals surface area contributed by atoms with E-state index in [0.717, 1.165) is 17.0 Å². The van der Waals surface area contributed by atoms with Crippen LogP contribution in [0.15, 0.2) is 41.3 Å². The van der Waals surface area contributed by atoms with Gasteiger partial charge in [0, 0.05) is 23.6 Å². The van der Waals surface area contributed by atoms with E-state index in [4.69, 9.17) is 11.5 Å². The smallest absolute Gasteiger partial charge is 0.419 e. The molecule has 2 amide bonds. The van der Waals surface area contributed by atoms with Crippen LogP contribution in [0.2, 0.25) is 0 Å². The second-order valence-electron chi connectivity index (χ2n) is 9.93. The van der Waals surface area contributed by atoms with Gasteiger partial charge in [0.05, 0.1) is 16.5 Å². The molecule has 1 saturated carbocycles. The van der Waals surface area contributed by atoms with Crippen molar-refractivity contribution >= 4 is 27.6 Å². The number of terminal acetylenes is 1.